The lowest BCUT2D eigenvalue weighted by molar-refractivity contribution is 0.433. The fourth-order valence-electron chi connectivity index (χ4n) is 2.32. The molecule has 0 bridgehead atoms. The molecule has 1 aromatic carbocycles. The number of benzene rings is 1. The molecule has 84 valence electrons. The van der Waals surface area contributed by atoms with Crippen LogP contribution in [-0.4, -0.2) is 13.1 Å². The molecule has 3 rings (SSSR count). The highest BCUT2D eigenvalue weighted by Crippen LogP contribution is 2.38. The van der Waals surface area contributed by atoms with Gasteiger partial charge >= 0.3 is 0 Å². The van der Waals surface area contributed by atoms with E-state index in [1.165, 1.54) is 29.0 Å². The van der Waals surface area contributed by atoms with Crippen LogP contribution < -0.4 is 10.0 Å². The first kappa shape index (κ1) is 10.2. The lowest BCUT2D eigenvalue weighted by Gasteiger charge is -2.27. The molecule has 0 saturated carbocycles. The summed E-state index contributed by atoms with van der Waals surface area (Å²) in [5.74, 6) is 0.743. The second-order valence-corrected chi connectivity index (χ2v) is 5.24. The summed E-state index contributed by atoms with van der Waals surface area (Å²) in [6.07, 6.45) is 4.89. The number of fused-ring (bicyclic) bond motifs is 1. The van der Waals surface area contributed by atoms with Crippen LogP contribution in [0.2, 0.25) is 0 Å². The summed E-state index contributed by atoms with van der Waals surface area (Å²) in [6.45, 7) is 2.31. The molecule has 1 fully saturated rings. The molecular weight excluding hydrogens is 216 g/mol. The fourth-order valence-corrected chi connectivity index (χ4v) is 3.32. The van der Waals surface area contributed by atoms with E-state index in [0.717, 1.165) is 19.0 Å². The van der Waals surface area contributed by atoms with Gasteiger partial charge in [-0.2, -0.15) is 0 Å². The first-order valence-electron chi connectivity index (χ1n) is 5.88. The van der Waals surface area contributed by atoms with E-state index in [9.17, 15) is 0 Å². The largest absolute Gasteiger partial charge is 0.325 e. The Labute approximate surface area is 101 Å². The fraction of sp³-hybridized carbons (Fsp3) is 0.385. The molecule has 0 aliphatic carbocycles. The van der Waals surface area contributed by atoms with Crippen molar-refractivity contribution in [3.05, 3.63) is 34.7 Å². The molecule has 2 nitrogen and oxygen atoms in total. The number of allylic oxidation sites excluding steroid dienone is 1. The summed E-state index contributed by atoms with van der Waals surface area (Å²) in [6, 6.07) is 8.50. The van der Waals surface area contributed by atoms with Gasteiger partial charge in [0.2, 0.25) is 0 Å². The molecule has 3 heteroatoms. The molecular formula is C13H16N2S. The van der Waals surface area contributed by atoms with E-state index >= 15 is 0 Å². The van der Waals surface area contributed by atoms with Crippen LogP contribution in [0.4, 0.5) is 5.69 Å². The van der Waals surface area contributed by atoms with Crippen molar-refractivity contribution in [3.8, 4) is 0 Å². The van der Waals surface area contributed by atoms with Gasteiger partial charge in [-0.15, -0.1) is 0 Å². The number of nitrogens with one attached hydrogen (secondary N) is 2. The molecule has 0 unspecified atom stereocenters. The molecule has 0 aromatic heterocycles. The molecule has 0 spiro atoms. The first-order valence-corrected chi connectivity index (χ1v) is 6.69. The number of piperidine rings is 1. The highest BCUT2D eigenvalue weighted by atomic mass is 32.2. The number of hydrogen-bond acceptors (Lipinski definition) is 3. The molecule has 0 amide bonds. The molecule has 1 saturated heterocycles. The number of para-hydroxylation sites is 1. The third-order valence-electron chi connectivity index (χ3n) is 3.28. The number of rotatable bonds is 1. The first-order chi connectivity index (χ1) is 7.93. The van der Waals surface area contributed by atoms with Gasteiger partial charge in [-0.25, -0.2) is 0 Å². The Morgan fingerprint density at radius 3 is 2.81 bits per heavy atom. The minimum Gasteiger partial charge on any atom is -0.325 e. The molecule has 1 aromatic rings. The normalized spacial score (nSPS) is 20.9. The number of anilines is 1. The maximum Gasteiger partial charge on any atom is 0.0516 e. The van der Waals surface area contributed by atoms with E-state index in [-0.39, 0.29) is 0 Å². The minimum absolute atomic E-state index is 0.743. The van der Waals surface area contributed by atoms with Crippen LogP contribution in [0.5, 0.6) is 0 Å². The van der Waals surface area contributed by atoms with Gasteiger partial charge in [0.1, 0.15) is 0 Å². The maximum absolute atomic E-state index is 3.44. The zero-order chi connectivity index (χ0) is 10.8. The molecule has 2 aliphatic rings. The van der Waals surface area contributed by atoms with Crippen LogP contribution in [-0.2, 0) is 0 Å². The third-order valence-corrected chi connectivity index (χ3v) is 4.29. The van der Waals surface area contributed by atoms with Crippen molar-refractivity contribution in [1.29, 1.82) is 0 Å². The van der Waals surface area contributed by atoms with Gasteiger partial charge in [-0.1, -0.05) is 18.2 Å². The van der Waals surface area contributed by atoms with Crippen LogP contribution >= 0.6 is 11.9 Å². The monoisotopic (exact) mass is 232 g/mol. The van der Waals surface area contributed by atoms with Crippen molar-refractivity contribution in [2.45, 2.75) is 12.8 Å². The molecule has 0 radical (unpaired) electrons. The Bertz CT molecular complexity index is 408. The van der Waals surface area contributed by atoms with Gasteiger partial charge in [0, 0.05) is 4.91 Å². The van der Waals surface area contributed by atoms with Crippen LogP contribution in [0.3, 0.4) is 0 Å². The van der Waals surface area contributed by atoms with Crippen molar-refractivity contribution in [3.63, 3.8) is 0 Å². The minimum atomic E-state index is 0.743. The molecule has 2 heterocycles. The summed E-state index contributed by atoms with van der Waals surface area (Å²) in [7, 11) is 0. The summed E-state index contributed by atoms with van der Waals surface area (Å²) >= 11 is 1.80. The van der Waals surface area contributed by atoms with Crippen LogP contribution in [0.25, 0.3) is 6.08 Å². The third kappa shape index (κ3) is 1.97. The summed E-state index contributed by atoms with van der Waals surface area (Å²) < 4.78 is 3.44. The van der Waals surface area contributed by atoms with Crippen molar-refractivity contribution in [2.24, 2.45) is 5.92 Å². The van der Waals surface area contributed by atoms with Gasteiger partial charge in [0.25, 0.3) is 0 Å². The summed E-state index contributed by atoms with van der Waals surface area (Å²) in [5.41, 5.74) is 2.57. The van der Waals surface area contributed by atoms with Crippen molar-refractivity contribution in [1.82, 2.24) is 5.32 Å². The van der Waals surface area contributed by atoms with Gasteiger partial charge in [-0.3, -0.25) is 0 Å². The maximum atomic E-state index is 3.44. The quantitative estimate of drug-likeness (QED) is 0.728. The SMILES string of the molecule is C1=C(C2CCNCC2)SNc2ccccc21. The zero-order valence-electron chi connectivity index (χ0n) is 9.20. The zero-order valence-corrected chi connectivity index (χ0v) is 10.0. The lowest BCUT2D eigenvalue weighted by Crippen LogP contribution is -2.28. The van der Waals surface area contributed by atoms with Gasteiger partial charge in [-0.05, 0) is 61.5 Å². The highest BCUT2D eigenvalue weighted by Gasteiger charge is 2.20. The Balaban J connectivity index is 1.85. The Kier molecular flexibility index (Phi) is 2.89. The van der Waals surface area contributed by atoms with Crippen LogP contribution in [0, 0.1) is 5.92 Å². The van der Waals surface area contributed by atoms with Crippen LogP contribution in [0.1, 0.15) is 18.4 Å². The smallest absolute Gasteiger partial charge is 0.0516 e. The lowest BCUT2D eigenvalue weighted by atomic mass is 9.96. The average Bonchev–Trinajstić information content (AvgIpc) is 2.39. The van der Waals surface area contributed by atoms with E-state index in [0.29, 0.717) is 0 Å². The summed E-state index contributed by atoms with van der Waals surface area (Å²) in [4.78, 5) is 1.50. The predicted molar refractivity (Wildman–Crippen MR) is 71.2 cm³/mol. The Hall–Kier alpha value is -0.930. The molecule has 2 aliphatic heterocycles. The highest BCUT2D eigenvalue weighted by molar-refractivity contribution is 8.04. The van der Waals surface area contributed by atoms with E-state index in [1.807, 2.05) is 0 Å². The van der Waals surface area contributed by atoms with Crippen molar-refractivity contribution >= 4 is 23.7 Å². The molecule has 16 heavy (non-hydrogen) atoms. The van der Waals surface area contributed by atoms with Crippen molar-refractivity contribution < 1.29 is 0 Å². The molecule has 2 N–H and O–H groups in total. The topological polar surface area (TPSA) is 24.1 Å². The predicted octanol–water partition coefficient (Wildman–Crippen LogP) is 3.10. The second kappa shape index (κ2) is 4.52. The number of hydrogen-bond donors (Lipinski definition) is 2. The van der Waals surface area contributed by atoms with Gasteiger partial charge in [0.05, 0.1) is 5.69 Å². The molecule has 0 atom stereocenters. The van der Waals surface area contributed by atoms with Gasteiger partial charge < -0.3 is 10.0 Å². The van der Waals surface area contributed by atoms with E-state index in [4.69, 9.17) is 0 Å². The van der Waals surface area contributed by atoms with E-state index in [2.05, 4.69) is 40.4 Å². The summed E-state index contributed by atoms with van der Waals surface area (Å²) in [5, 5.41) is 3.42. The van der Waals surface area contributed by atoms with E-state index in [1.54, 1.807) is 11.9 Å². The van der Waals surface area contributed by atoms with Crippen LogP contribution in [0.15, 0.2) is 29.2 Å². The van der Waals surface area contributed by atoms with Crippen molar-refractivity contribution in [2.75, 3.05) is 17.8 Å². The second-order valence-electron chi connectivity index (χ2n) is 4.36. The standard InChI is InChI=1S/C13H16N2S/c1-2-4-12-11(3-1)9-13(16-15-12)10-5-7-14-8-6-10/h1-4,9-10,14-15H,5-8H2. The van der Waals surface area contributed by atoms with E-state index < -0.39 is 0 Å². The Morgan fingerprint density at radius 2 is 1.94 bits per heavy atom. The average molecular weight is 232 g/mol. The Morgan fingerprint density at radius 1 is 1.12 bits per heavy atom. The van der Waals surface area contributed by atoms with Gasteiger partial charge in [0.15, 0.2) is 0 Å².